The summed E-state index contributed by atoms with van der Waals surface area (Å²) in [4.78, 5) is 17.5. The van der Waals surface area contributed by atoms with Crippen molar-refractivity contribution in [2.24, 2.45) is 0 Å². The lowest BCUT2D eigenvalue weighted by Crippen LogP contribution is -2.54. The standard InChI is InChI=1S/C20H23N5O.2ClH/c26-19(20(8-13-21-14-9-20)25-15-3-11-24-25)23-12-7-17-5-1-4-16-6-2-10-22-18(16)17;;/h1-6,10-11,15,21H,7-9,12-14H2,(H,23,26);2*1H. The number of pyridine rings is 1. The van der Waals surface area contributed by atoms with Gasteiger partial charge in [0.05, 0.1) is 5.52 Å². The minimum absolute atomic E-state index is 0. The first-order chi connectivity index (χ1) is 12.8. The van der Waals surface area contributed by atoms with E-state index in [1.165, 1.54) is 0 Å². The van der Waals surface area contributed by atoms with Gasteiger partial charge in [-0.1, -0.05) is 24.3 Å². The Kier molecular flexibility index (Phi) is 7.80. The molecule has 0 atom stereocenters. The molecular formula is C20H25Cl2N5O. The van der Waals surface area contributed by atoms with Crippen molar-refractivity contribution in [3.8, 4) is 0 Å². The molecule has 0 saturated carbocycles. The molecule has 1 aliphatic rings. The Labute approximate surface area is 176 Å². The van der Waals surface area contributed by atoms with Crippen LogP contribution in [0.4, 0.5) is 0 Å². The fourth-order valence-electron chi connectivity index (χ4n) is 3.77. The SMILES string of the molecule is Cl.Cl.O=C(NCCc1cccc2cccnc12)C1(n2cccn2)CCNCC1. The number of rotatable bonds is 5. The summed E-state index contributed by atoms with van der Waals surface area (Å²) in [6, 6.07) is 12.1. The number of nitrogens with zero attached hydrogens (tertiary/aromatic N) is 3. The maximum Gasteiger partial charge on any atom is 0.248 e. The second-order valence-electron chi connectivity index (χ2n) is 6.73. The largest absolute Gasteiger partial charge is 0.354 e. The fraction of sp³-hybridized carbons (Fsp3) is 0.350. The zero-order valence-electron chi connectivity index (χ0n) is 15.5. The average Bonchev–Trinajstić information content (AvgIpc) is 3.24. The molecule has 1 fully saturated rings. The third-order valence-corrected chi connectivity index (χ3v) is 5.19. The van der Waals surface area contributed by atoms with E-state index in [9.17, 15) is 4.79 Å². The summed E-state index contributed by atoms with van der Waals surface area (Å²) in [6.45, 7) is 2.23. The fourth-order valence-corrected chi connectivity index (χ4v) is 3.77. The zero-order valence-corrected chi connectivity index (χ0v) is 17.1. The molecule has 8 heteroatoms. The maximum atomic E-state index is 13.1. The monoisotopic (exact) mass is 421 g/mol. The van der Waals surface area contributed by atoms with Gasteiger partial charge in [-0.05, 0) is 50.0 Å². The number of halogens is 2. The van der Waals surface area contributed by atoms with Crippen LogP contribution in [0, 0.1) is 0 Å². The number of para-hydroxylation sites is 1. The predicted octanol–water partition coefficient (Wildman–Crippen LogP) is 2.71. The summed E-state index contributed by atoms with van der Waals surface area (Å²) in [5.74, 6) is 0.0518. The smallest absolute Gasteiger partial charge is 0.248 e. The molecule has 1 amide bonds. The molecule has 1 aromatic carbocycles. The Bertz CT molecular complexity index is 889. The number of nitrogens with one attached hydrogen (secondary N) is 2. The van der Waals surface area contributed by atoms with Gasteiger partial charge in [-0.25, -0.2) is 0 Å². The number of carbonyl (C=O) groups excluding carboxylic acids is 1. The van der Waals surface area contributed by atoms with E-state index in [0.717, 1.165) is 48.8 Å². The summed E-state index contributed by atoms with van der Waals surface area (Å²) < 4.78 is 1.82. The lowest BCUT2D eigenvalue weighted by molar-refractivity contribution is -0.131. The number of fused-ring (bicyclic) bond motifs is 1. The molecule has 0 radical (unpaired) electrons. The van der Waals surface area contributed by atoms with E-state index in [1.54, 1.807) is 6.20 Å². The summed E-state index contributed by atoms with van der Waals surface area (Å²) >= 11 is 0. The molecule has 2 aromatic heterocycles. The van der Waals surface area contributed by atoms with Crippen molar-refractivity contribution in [2.75, 3.05) is 19.6 Å². The van der Waals surface area contributed by atoms with E-state index in [1.807, 2.05) is 35.3 Å². The van der Waals surface area contributed by atoms with Crippen molar-refractivity contribution in [1.29, 1.82) is 0 Å². The summed E-state index contributed by atoms with van der Waals surface area (Å²) in [7, 11) is 0. The highest BCUT2D eigenvalue weighted by Gasteiger charge is 2.41. The van der Waals surface area contributed by atoms with Gasteiger partial charge >= 0.3 is 0 Å². The molecule has 1 saturated heterocycles. The highest BCUT2D eigenvalue weighted by atomic mass is 35.5. The predicted molar refractivity (Wildman–Crippen MR) is 115 cm³/mol. The van der Waals surface area contributed by atoms with E-state index in [2.05, 4.69) is 38.9 Å². The highest BCUT2D eigenvalue weighted by molar-refractivity contribution is 5.86. The summed E-state index contributed by atoms with van der Waals surface area (Å²) in [5, 5.41) is 12.0. The number of amides is 1. The van der Waals surface area contributed by atoms with Crippen LogP contribution in [0.5, 0.6) is 0 Å². The van der Waals surface area contributed by atoms with Crippen molar-refractivity contribution in [1.82, 2.24) is 25.4 Å². The number of benzene rings is 1. The Morgan fingerprint density at radius 1 is 1.11 bits per heavy atom. The van der Waals surface area contributed by atoms with Crippen molar-refractivity contribution >= 4 is 41.6 Å². The van der Waals surface area contributed by atoms with Gasteiger partial charge in [0.15, 0.2) is 0 Å². The van der Waals surface area contributed by atoms with E-state index in [0.29, 0.717) is 6.54 Å². The first kappa shape index (κ1) is 22.1. The van der Waals surface area contributed by atoms with Gasteiger partial charge in [-0.15, -0.1) is 24.8 Å². The van der Waals surface area contributed by atoms with Crippen LogP contribution >= 0.6 is 24.8 Å². The number of carbonyl (C=O) groups is 1. The number of hydrogen-bond acceptors (Lipinski definition) is 4. The average molecular weight is 422 g/mol. The molecule has 0 unspecified atom stereocenters. The Hall–Kier alpha value is -2.15. The van der Waals surface area contributed by atoms with Crippen LogP contribution in [0.3, 0.4) is 0 Å². The Morgan fingerprint density at radius 3 is 2.64 bits per heavy atom. The van der Waals surface area contributed by atoms with Gasteiger partial charge in [0.2, 0.25) is 5.91 Å². The molecule has 0 aliphatic carbocycles. The van der Waals surface area contributed by atoms with Crippen LogP contribution in [0.2, 0.25) is 0 Å². The van der Waals surface area contributed by atoms with Gasteiger partial charge in [0, 0.05) is 30.5 Å². The molecule has 2 N–H and O–H groups in total. The van der Waals surface area contributed by atoms with E-state index < -0.39 is 5.54 Å². The Balaban J connectivity index is 0.00000140. The molecule has 0 bridgehead atoms. The molecule has 1 aliphatic heterocycles. The van der Waals surface area contributed by atoms with Crippen molar-refractivity contribution in [2.45, 2.75) is 24.8 Å². The first-order valence-electron chi connectivity index (χ1n) is 9.11. The Morgan fingerprint density at radius 2 is 1.89 bits per heavy atom. The molecule has 4 rings (SSSR count). The lowest BCUT2D eigenvalue weighted by atomic mass is 9.87. The van der Waals surface area contributed by atoms with Crippen LogP contribution in [0.15, 0.2) is 55.0 Å². The lowest BCUT2D eigenvalue weighted by Gasteiger charge is -2.36. The summed E-state index contributed by atoms with van der Waals surface area (Å²) in [6.07, 6.45) is 7.69. The van der Waals surface area contributed by atoms with Crippen molar-refractivity contribution in [3.63, 3.8) is 0 Å². The molecule has 0 spiro atoms. The normalized spacial score (nSPS) is 15.3. The molecule has 6 nitrogen and oxygen atoms in total. The van der Waals surface area contributed by atoms with Gasteiger partial charge in [-0.3, -0.25) is 14.5 Å². The van der Waals surface area contributed by atoms with Crippen molar-refractivity contribution < 1.29 is 4.79 Å². The minimum Gasteiger partial charge on any atom is -0.354 e. The molecule has 150 valence electrons. The maximum absolute atomic E-state index is 13.1. The van der Waals surface area contributed by atoms with Crippen LogP contribution in [-0.2, 0) is 16.8 Å². The van der Waals surface area contributed by atoms with Crippen molar-refractivity contribution in [3.05, 3.63) is 60.6 Å². The first-order valence-corrected chi connectivity index (χ1v) is 9.11. The van der Waals surface area contributed by atoms with Crippen LogP contribution in [0.1, 0.15) is 18.4 Å². The van der Waals surface area contributed by atoms with E-state index >= 15 is 0 Å². The summed E-state index contributed by atoms with van der Waals surface area (Å²) in [5.41, 5.74) is 1.57. The van der Waals surface area contributed by atoms with Crippen LogP contribution in [-0.4, -0.2) is 40.3 Å². The third kappa shape index (κ3) is 4.29. The van der Waals surface area contributed by atoms with E-state index in [-0.39, 0.29) is 30.7 Å². The second-order valence-corrected chi connectivity index (χ2v) is 6.73. The minimum atomic E-state index is -0.592. The van der Waals surface area contributed by atoms with Crippen LogP contribution < -0.4 is 10.6 Å². The number of piperidine rings is 1. The van der Waals surface area contributed by atoms with Crippen LogP contribution in [0.25, 0.3) is 10.9 Å². The van der Waals surface area contributed by atoms with Gasteiger partial charge in [0.25, 0.3) is 0 Å². The molecule has 28 heavy (non-hydrogen) atoms. The van der Waals surface area contributed by atoms with Gasteiger partial charge in [0.1, 0.15) is 5.54 Å². The number of aromatic nitrogens is 3. The molecule has 3 aromatic rings. The number of hydrogen-bond donors (Lipinski definition) is 2. The van der Waals surface area contributed by atoms with Gasteiger partial charge < -0.3 is 10.6 Å². The molecular weight excluding hydrogens is 397 g/mol. The zero-order chi connectivity index (χ0) is 17.8. The topological polar surface area (TPSA) is 71.8 Å². The highest BCUT2D eigenvalue weighted by Crippen LogP contribution is 2.27. The van der Waals surface area contributed by atoms with E-state index in [4.69, 9.17) is 0 Å². The quantitative estimate of drug-likeness (QED) is 0.664. The molecule has 3 heterocycles. The second kappa shape index (κ2) is 9.87. The van der Waals surface area contributed by atoms with Gasteiger partial charge in [-0.2, -0.15) is 5.10 Å². The third-order valence-electron chi connectivity index (χ3n) is 5.19.